The molecule has 1 aromatic heterocycles. The van der Waals surface area contributed by atoms with Crippen molar-refractivity contribution < 1.29 is 4.42 Å². The molecule has 0 bridgehead atoms. The predicted octanol–water partition coefficient (Wildman–Crippen LogP) is 2.31. The molecular formula is C8H9NOS. The summed E-state index contributed by atoms with van der Waals surface area (Å²) < 4.78 is 7.27. The number of allylic oxidation sites excluding steroid dienone is 1. The van der Waals surface area contributed by atoms with Gasteiger partial charge in [0.15, 0.2) is 0 Å². The first-order valence-corrected chi connectivity index (χ1v) is 4.05. The topological polar surface area (TPSA) is 18.1 Å². The number of fused-ring (bicyclic) bond motifs is 1. The Labute approximate surface area is 70.1 Å². The molecule has 0 saturated heterocycles. The van der Waals surface area contributed by atoms with Gasteiger partial charge in [-0.15, -0.1) is 0 Å². The van der Waals surface area contributed by atoms with Crippen LogP contribution in [-0.2, 0) is 13.5 Å². The van der Waals surface area contributed by atoms with Crippen molar-refractivity contribution in [2.75, 3.05) is 0 Å². The summed E-state index contributed by atoms with van der Waals surface area (Å²) in [7, 11) is 1.93. The molecule has 0 aliphatic heterocycles. The Kier molecular flexibility index (Phi) is 1.46. The largest absolute Gasteiger partial charge is 0.434 e. The molecule has 0 N–H and O–H groups in total. The average Bonchev–Trinajstić information content (AvgIpc) is 2.30. The number of oxazole rings is 1. The van der Waals surface area contributed by atoms with E-state index in [1.54, 1.807) is 0 Å². The van der Waals surface area contributed by atoms with Gasteiger partial charge in [-0.1, -0.05) is 6.08 Å². The van der Waals surface area contributed by atoms with E-state index in [-0.39, 0.29) is 0 Å². The molecule has 11 heavy (non-hydrogen) atoms. The van der Waals surface area contributed by atoms with E-state index >= 15 is 0 Å². The lowest BCUT2D eigenvalue weighted by molar-refractivity contribution is 0.479. The maximum atomic E-state index is 5.36. The van der Waals surface area contributed by atoms with Gasteiger partial charge in [-0.3, -0.25) is 0 Å². The molecule has 1 heterocycles. The molecule has 0 radical (unpaired) electrons. The Balaban J connectivity index is 2.71. The van der Waals surface area contributed by atoms with Gasteiger partial charge in [0.25, 0.3) is 4.84 Å². The minimum absolute atomic E-state index is 0.571. The average molecular weight is 167 g/mol. The van der Waals surface area contributed by atoms with Gasteiger partial charge in [0.1, 0.15) is 5.76 Å². The zero-order chi connectivity index (χ0) is 7.84. The van der Waals surface area contributed by atoms with Gasteiger partial charge in [-0.25, -0.2) is 0 Å². The minimum Gasteiger partial charge on any atom is -0.434 e. The number of aromatic nitrogens is 1. The van der Waals surface area contributed by atoms with Crippen LogP contribution in [0.25, 0.3) is 6.08 Å². The van der Waals surface area contributed by atoms with Gasteiger partial charge < -0.3 is 8.98 Å². The molecule has 0 fully saturated rings. The zero-order valence-corrected chi connectivity index (χ0v) is 7.15. The third kappa shape index (κ3) is 0.959. The highest BCUT2D eigenvalue weighted by molar-refractivity contribution is 7.71. The molecule has 2 rings (SSSR count). The van der Waals surface area contributed by atoms with Crippen molar-refractivity contribution in [3.63, 3.8) is 0 Å². The fourth-order valence-corrected chi connectivity index (χ4v) is 1.50. The first-order valence-electron chi connectivity index (χ1n) is 3.64. The van der Waals surface area contributed by atoms with E-state index in [4.69, 9.17) is 16.6 Å². The highest BCUT2D eigenvalue weighted by Crippen LogP contribution is 2.20. The molecule has 58 valence electrons. The third-order valence-corrected chi connectivity index (χ3v) is 2.30. The third-order valence-electron chi connectivity index (χ3n) is 1.95. The summed E-state index contributed by atoms with van der Waals surface area (Å²) in [5.41, 5.74) is 1.13. The first-order chi connectivity index (χ1) is 5.29. The molecule has 3 heteroatoms. The van der Waals surface area contributed by atoms with Crippen molar-refractivity contribution in [3.8, 4) is 0 Å². The van der Waals surface area contributed by atoms with Gasteiger partial charge >= 0.3 is 0 Å². The first kappa shape index (κ1) is 6.85. The number of aryl methyl sites for hydroxylation is 1. The van der Waals surface area contributed by atoms with Crippen molar-refractivity contribution in [2.45, 2.75) is 12.8 Å². The second-order valence-electron chi connectivity index (χ2n) is 2.68. The van der Waals surface area contributed by atoms with Crippen molar-refractivity contribution in [1.82, 2.24) is 4.57 Å². The number of rotatable bonds is 0. The van der Waals surface area contributed by atoms with E-state index in [1.165, 1.54) is 0 Å². The lowest BCUT2D eigenvalue weighted by Gasteiger charge is -2.02. The summed E-state index contributed by atoms with van der Waals surface area (Å²) in [4.78, 5) is 0.571. The monoisotopic (exact) mass is 167 g/mol. The number of hydrogen-bond donors (Lipinski definition) is 0. The lowest BCUT2D eigenvalue weighted by atomic mass is 10.1. The van der Waals surface area contributed by atoms with Crippen LogP contribution in [0.15, 0.2) is 10.5 Å². The predicted molar refractivity (Wildman–Crippen MR) is 45.9 cm³/mol. The van der Waals surface area contributed by atoms with Crippen molar-refractivity contribution in [1.29, 1.82) is 0 Å². The fraction of sp³-hybridized carbons (Fsp3) is 0.375. The van der Waals surface area contributed by atoms with Crippen molar-refractivity contribution in [3.05, 3.63) is 22.4 Å². The smallest absolute Gasteiger partial charge is 0.269 e. The van der Waals surface area contributed by atoms with E-state index < -0.39 is 0 Å². The SMILES string of the molecule is Cn1c2c(oc1=S)CCC=C2. The van der Waals surface area contributed by atoms with Gasteiger partial charge in [0, 0.05) is 13.5 Å². The zero-order valence-electron chi connectivity index (χ0n) is 6.33. The molecular weight excluding hydrogens is 158 g/mol. The van der Waals surface area contributed by atoms with E-state index in [0.29, 0.717) is 4.84 Å². The van der Waals surface area contributed by atoms with Crippen molar-refractivity contribution >= 4 is 18.3 Å². The maximum Gasteiger partial charge on any atom is 0.269 e. The van der Waals surface area contributed by atoms with Crippen LogP contribution >= 0.6 is 12.2 Å². The standard InChI is InChI=1S/C8H9NOS/c1-9-6-4-2-3-5-7(6)10-8(9)11/h2,4H,3,5H2,1H3. The summed E-state index contributed by atoms with van der Waals surface area (Å²) in [5, 5.41) is 0. The highest BCUT2D eigenvalue weighted by atomic mass is 32.1. The number of hydrogen-bond acceptors (Lipinski definition) is 2. The van der Waals surface area contributed by atoms with E-state index in [2.05, 4.69) is 12.2 Å². The quantitative estimate of drug-likeness (QED) is 0.552. The number of nitrogens with zero attached hydrogens (tertiary/aromatic N) is 1. The minimum atomic E-state index is 0.571. The molecule has 0 unspecified atom stereocenters. The summed E-state index contributed by atoms with van der Waals surface area (Å²) in [6.07, 6.45) is 6.26. The van der Waals surface area contributed by atoms with Crippen LogP contribution in [0.5, 0.6) is 0 Å². The molecule has 0 saturated carbocycles. The van der Waals surface area contributed by atoms with Crippen LogP contribution in [0.4, 0.5) is 0 Å². The normalized spacial score (nSPS) is 15.0. The fourth-order valence-electron chi connectivity index (χ4n) is 1.30. The van der Waals surface area contributed by atoms with Gasteiger partial charge in [-0.05, 0) is 24.7 Å². The summed E-state index contributed by atoms with van der Waals surface area (Å²) in [6, 6.07) is 0. The Hall–Kier alpha value is -0.830. The Morgan fingerprint density at radius 2 is 2.45 bits per heavy atom. The molecule has 0 atom stereocenters. The van der Waals surface area contributed by atoms with Gasteiger partial charge in [0.2, 0.25) is 0 Å². The Bertz CT molecular complexity index is 359. The van der Waals surface area contributed by atoms with E-state index in [0.717, 1.165) is 24.3 Å². The van der Waals surface area contributed by atoms with Gasteiger partial charge in [-0.2, -0.15) is 0 Å². The second kappa shape index (κ2) is 2.34. The maximum absolute atomic E-state index is 5.36. The van der Waals surface area contributed by atoms with Gasteiger partial charge in [0.05, 0.1) is 5.69 Å². The van der Waals surface area contributed by atoms with Crippen LogP contribution < -0.4 is 0 Å². The summed E-state index contributed by atoms with van der Waals surface area (Å²) in [6.45, 7) is 0. The molecule has 2 nitrogen and oxygen atoms in total. The van der Waals surface area contributed by atoms with Crippen molar-refractivity contribution in [2.24, 2.45) is 7.05 Å². The summed E-state index contributed by atoms with van der Waals surface area (Å²) in [5.74, 6) is 1.03. The van der Waals surface area contributed by atoms with Crippen LogP contribution in [0, 0.1) is 4.84 Å². The Morgan fingerprint density at radius 1 is 1.64 bits per heavy atom. The molecule has 1 aromatic rings. The van der Waals surface area contributed by atoms with Crippen LogP contribution in [0.3, 0.4) is 0 Å². The second-order valence-corrected chi connectivity index (χ2v) is 3.03. The molecule has 0 spiro atoms. The highest BCUT2D eigenvalue weighted by Gasteiger charge is 2.11. The molecule has 0 amide bonds. The lowest BCUT2D eigenvalue weighted by Crippen LogP contribution is -1.96. The van der Waals surface area contributed by atoms with Crippen LogP contribution in [-0.4, -0.2) is 4.57 Å². The van der Waals surface area contributed by atoms with E-state index in [9.17, 15) is 0 Å². The van der Waals surface area contributed by atoms with Crippen LogP contribution in [0.1, 0.15) is 17.9 Å². The molecule has 1 aliphatic rings. The van der Waals surface area contributed by atoms with Crippen LogP contribution in [0.2, 0.25) is 0 Å². The Morgan fingerprint density at radius 3 is 3.18 bits per heavy atom. The summed E-state index contributed by atoms with van der Waals surface area (Å²) >= 11 is 4.98. The molecule has 1 aliphatic carbocycles. The van der Waals surface area contributed by atoms with E-state index in [1.807, 2.05) is 11.6 Å². The molecule has 0 aromatic carbocycles.